The van der Waals surface area contributed by atoms with Gasteiger partial charge in [0.05, 0.1) is 30.1 Å². The Morgan fingerprint density at radius 3 is 2.24 bits per heavy atom. The number of fused-ring (bicyclic) bond motifs is 1. The van der Waals surface area contributed by atoms with Crippen LogP contribution in [0.25, 0.3) is 0 Å². The summed E-state index contributed by atoms with van der Waals surface area (Å²) in [5.41, 5.74) is 2.38. The molecule has 3 aliphatic heterocycles. The number of aryl methyl sites for hydroxylation is 2. The molecule has 1 N–H and O–H groups in total. The molecule has 3 heterocycles. The van der Waals surface area contributed by atoms with Gasteiger partial charge in [-0.2, -0.15) is 0 Å². The first-order chi connectivity index (χ1) is 24.1. The molecule has 3 aliphatic rings. The molecule has 6 atom stereocenters. The molecular formula is C42H49N3O5. The van der Waals surface area contributed by atoms with Gasteiger partial charge in [0.25, 0.3) is 5.91 Å². The highest BCUT2D eigenvalue weighted by Crippen LogP contribution is 2.65. The van der Waals surface area contributed by atoms with Crippen LogP contribution in [-0.4, -0.2) is 75.6 Å². The Labute approximate surface area is 296 Å². The van der Waals surface area contributed by atoms with Crippen molar-refractivity contribution in [1.82, 2.24) is 9.80 Å². The standard InChI is InChI=1S/C42H49N3O5/c1-6-23-43(27-32-17-13-10-14-18-32)38(47)35-36-39(48)45(33(28-46)26-31-15-11-9-12-16-31)37(42(36)22-21-41(35,8-3)50-42)40(49)44(24-7-2)34-25-29(4)19-20-30(34)5/h6-7,9-20,25,33,35-37,46H,1-2,8,21-24,26-28H2,3-5H3/t33-,35-,36+,37?,41+,42?/m1/s1. The SMILES string of the molecule is C=CCN(Cc1ccccc1)C(=O)[C@H]1[C@H]2C(=O)N([C@@H](CO)Cc3ccccc3)C(C(=O)N(CC=C)c3cc(C)ccc3C)C23CC[C@]1(CC)O3. The first-order valence-electron chi connectivity index (χ1n) is 17.7. The molecule has 0 aliphatic carbocycles. The lowest BCUT2D eigenvalue weighted by atomic mass is 9.64. The molecule has 3 saturated heterocycles. The number of aliphatic hydroxyl groups excluding tert-OH is 1. The van der Waals surface area contributed by atoms with Crippen molar-refractivity contribution in [3.63, 3.8) is 0 Å². The van der Waals surface area contributed by atoms with Crippen LogP contribution in [0, 0.1) is 25.7 Å². The molecule has 3 amide bonds. The molecule has 0 aromatic heterocycles. The van der Waals surface area contributed by atoms with Gasteiger partial charge in [0.15, 0.2) is 0 Å². The van der Waals surface area contributed by atoms with Gasteiger partial charge in [-0.3, -0.25) is 14.4 Å². The maximum absolute atomic E-state index is 15.3. The van der Waals surface area contributed by atoms with E-state index in [1.807, 2.05) is 99.6 Å². The summed E-state index contributed by atoms with van der Waals surface area (Å²) in [7, 11) is 0. The summed E-state index contributed by atoms with van der Waals surface area (Å²) in [6.45, 7) is 14.4. The Hall–Kier alpha value is -4.53. The fraction of sp³-hybridized carbons (Fsp3) is 0.405. The number of rotatable bonds is 14. The summed E-state index contributed by atoms with van der Waals surface area (Å²) < 4.78 is 7.14. The zero-order valence-corrected chi connectivity index (χ0v) is 29.5. The fourth-order valence-corrected chi connectivity index (χ4v) is 8.82. The Morgan fingerprint density at radius 1 is 0.960 bits per heavy atom. The van der Waals surface area contributed by atoms with E-state index in [9.17, 15) is 9.90 Å². The van der Waals surface area contributed by atoms with E-state index in [4.69, 9.17) is 4.74 Å². The predicted octanol–water partition coefficient (Wildman–Crippen LogP) is 5.80. The smallest absolute Gasteiger partial charge is 0.253 e. The normalized spacial score (nSPS) is 25.6. The summed E-state index contributed by atoms with van der Waals surface area (Å²) in [6.07, 6.45) is 5.25. The Balaban J connectivity index is 1.48. The van der Waals surface area contributed by atoms with Gasteiger partial charge in [-0.05, 0) is 67.9 Å². The summed E-state index contributed by atoms with van der Waals surface area (Å²) in [5, 5.41) is 11.0. The monoisotopic (exact) mass is 675 g/mol. The minimum atomic E-state index is -1.25. The first kappa shape index (κ1) is 35.3. The van der Waals surface area contributed by atoms with Crippen LogP contribution in [0.3, 0.4) is 0 Å². The molecule has 3 aromatic rings. The van der Waals surface area contributed by atoms with Crippen molar-refractivity contribution in [3.8, 4) is 0 Å². The highest BCUT2D eigenvalue weighted by molar-refractivity contribution is 6.05. The van der Waals surface area contributed by atoms with Crippen LogP contribution in [0.15, 0.2) is 104 Å². The minimum Gasteiger partial charge on any atom is -0.394 e. The maximum atomic E-state index is 15.3. The number of aliphatic hydroxyl groups is 1. The Bertz CT molecular complexity index is 1740. The van der Waals surface area contributed by atoms with E-state index in [0.717, 1.165) is 27.9 Å². The lowest BCUT2D eigenvalue weighted by Gasteiger charge is -2.40. The Morgan fingerprint density at radius 2 is 1.62 bits per heavy atom. The predicted molar refractivity (Wildman–Crippen MR) is 195 cm³/mol. The van der Waals surface area contributed by atoms with Crippen LogP contribution >= 0.6 is 0 Å². The van der Waals surface area contributed by atoms with Crippen LogP contribution in [0.1, 0.15) is 48.4 Å². The number of hydrogen-bond acceptors (Lipinski definition) is 5. The Kier molecular flexibility index (Phi) is 10.1. The molecule has 2 bridgehead atoms. The number of ether oxygens (including phenoxy) is 1. The highest BCUT2D eigenvalue weighted by atomic mass is 16.5. The van der Waals surface area contributed by atoms with Crippen molar-refractivity contribution in [2.75, 3.05) is 24.6 Å². The molecule has 0 radical (unpaired) electrons. The summed E-state index contributed by atoms with van der Waals surface area (Å²) in [4.78, 5) is 50.4. The van der Waals surface area contributed by atoms with Gasteiger partial charge >= 0.3 is 0 Å². The molecule has 50 heavy (non-hydrogen) atoms. The van der Waals surface area contributed by atoms with Crippen molar-refractivity contribution in [2.45, 2.75) is 76.3 Å². The van der Waals surface area contributed by atoms with Gasteiger partial charge in [-0.1, -0.05) is 91.9 Å². The molecule has 262 valence electrons. The van der Waals surface area contributed by atoms with Crippen molar-refractivity contribution >= 4 is 23.4 Å². The number of carbonyl (C=O) groups excluding carboxylic acids is 3. The molecule has 8 heteroatoms. The van der Waals surface area contributed by atoms with Gasteiger partial charge in [0, 0.05) is 25.3 Å². The topological polar surface area (TPSA) is 90.4 Å². The number of anilines is 1. The number of nitrogens with zero attached hydrogens (tertiary/aromatic N) is 3. The van der Waals surface area contributed by atoms with E-state index < -0.39 is 35.1 Å². The number of amides is 3. The van der Waals surface area contributed by atoms with Gasteiger partial charge in [-0.25, -0.2) is 0 Å². The second-order valence-corrected chi connectivity index (χ2v) is 14.1. The molecular weight excluding hydrogens is 626 g/mol. The van der Waals surface area contributed by atoms with Crippen molar-refractivity contribution in [2.24, 2.45) is 11.8 Å². The van der Waals surface area contributed by atoms with Crippen molar-refractivity contribution in [1.29, 1.82) is 0 Å². The maximum Gasteiger partial charge on any atom is 0.253 e. The fourth-order valence-electron chi connectivity index (χ4n) is 8.82. The second-order valence-electron chi connectivity index (χ2n) is 14.1. The van der Waals surface area contributed by atoms with E-state index in [2.05, 4.69) is 13.2 Å². The largest absolute Gasteiger partial charge is 0.394 e. The van der Waals surface area contributed by atoms with Crippen LogP contribution in [-0.2, 0) is 32.1 Å². The lowest BCUT2D eigenvalue weighted by Crippen LogP contribution is -2.59. The van der Waals surface area contributed by atoms with Gasteiger partial charge in [-0.15, -0.1) is 13.2 Å². The van der Waals surface area contributed by atoms with E-state index in [1.165, 1.54) is 0 Å². The first-order valence-corrected chi connectivity index (χ1v) is 17.7. The number of likely N-dealkylation sites (tertiary alicyclic amines) is 1. The molecule has 1 spiro atoms. The second kappa shape index (κ2) is 14.4. The lowest BCUT2D eigenvalue weighted by molar-refractivity contribution is -0.153. The molecule has 2 unspecified atom stereocenters. The van der Waals surface area contributed by atoms with Crippen LogP contribution in [0.2, 0.25) is 0 Å². The number of benzene rings is 3. The van der Waals surface area contributed by atoms with Crippen LogP contribution < -0.4 is 4.90 Å². The summed E-state index contributed by atoms with van der Waals surface area (Å²) in [5.74, 6) is -2.49. The average Bonchev–Trinajstić information content (AvgIpc) is 3.74. The minimum absolute atomic E-state index is 0.176. The zero-order chi connectivity index (χ0) is 35.6. The zero-order valence-electron chi connectivity index (χ0n) is 29.5. The summed E-state index contributed by atoms with van der Waals surface area (Å²) >= 11 is 0. The average molecular weight is 676 g/mol. The molecule has 8 nitrogen and oxygen atoms in total. The van der Waals surface area contributed by atoms with Crippen molar-refractivity contribution in [3.05, 3.63) is 126 Å². The van der Waals surface area contributed by atoms with Crippen LogP contribution in [0.5, 0.6) is 0 Å². The quantitative estimate of drug-likeness (QED) is 0.219. The molecule has 3 aromatic carbocycles. The van der Waals surface area contributed by atoms with E-state index >= 15 is 9.59 Å². The van der Waals surface area contributed by atoms with E-state index in [1.54, 1.807) is 26.9 Å². The van der Waals surface area contributed by atoms with Gasteiger partial charge < -0.3 is 24.5 Å². The highest BCUT2D eigenvalue weighted by Gasteiger charge is 2.79. The molecule has 6 rings (SSSR count). The number of hydrogen-bond donors (Lipinski definition) is 1. The van der Waals surface area contributed by atoms with E-state index in [0.29, 0.717) is 38.8 Å². The number of carbonyl (C=O) groups is 3. The third kappa shape index (κ3) is 5.98. The van der Waals surface area contributed by atoms with E-state index in [-0.39, 0.29) is 30.9 Å². The van der Waals surface area contributed by atoms with Crippen LogP contribution in [0.4, 0.5) is 5.69 Å². The summed E-state index contributed by atoms with van der Waals surface area (Å²) in [6, 6.07) is 23.6. The van der Waals surface area contributed by atoms with Gasteiger partial charge in [0.2, 0.25) is 11.8 Å². The molecule has 0 saturated carbocycles. The third-order valence-electron chi connectivity index (χ3n) is 11.1. The van der Waals surface area contributed by atoms with Gasteiger partial charge in [0.1, 0.15) is 11.6 Å². The van der Waals surface area contributed by atoms with Crippen molar-refractivity contribution < 1.29 is 24.2 Å². The molecule has 3 fully saturated rings. The third-order valence-corrected chi connectivity index (χ3v) is 11.1.